The van der Waals surface area contributed by atoms with Crippen LogP contribution in [0.2, 0.25) is 0 Å². The van der Waals surface area contributed by atoms with Crippen LogP contribution in [0.5, 0.6) is 0 Å². The van der Waals surface area contributed by atoms with Crippen molar-refractivity contribution in [1.29, 1.82) is 0 Å². The van der Waals surface area contributed by atoms with Crippen molar-refractivity contribution in [1.82, 2.24) is 9.47 Å². The fourth-order valence-electron chi connectivity index (χ4n) is 2.99. The molecule has 2 amide bonds. The lowest BCUT2D eigenvalue weighted by Crippen LogP contribution is -2.29. The number of carbonyl (C=O) groups excluding carboxylic acids is 2. The Kier molecular flexibility index (Phi) is 3.41. The first-order valence-electron chi connectivity index (χ1n) is 7.23. The number of nitrogens with one attached hydrogen (secondary N) is 1. The van der Waals surface area contributed by atoms with E-state index in [0.29, 0.717) is 5.69 Å². The quantitative estimate of drug-likeness (QED) is 0.921. The molecular weight excluding hydrogens is 266 g/mol. The van der Waals surface area contributed by atoms with Crippen molar-refractivity contribution < 1.29 is 9.59 Å². The van der Waals surface area contributed by atoms with Crippen LogP contribution in [0.1, 0.15) is 30.3 Å². The molecule has 0 bridgehead atoms. The first kappa shape index (κ1) is 13.7. The molecule has 5 nitrogen and oxygen atoms in total. The summed E-state index contributed by atoms with van der Waals surface area (Å²) >= 11 is 0. The van der Waals surface area contributed by atoms with Crippen LogP contribution in [0.3, 0.4) is 0 Å². The number of fused-ring (bicyclic) bond motifs is 1. The predicted octanol–water partition coefficient (Wildman–Crippen LogP) is 2.37. The minimum absolute atomic E-state index is 0.0694. The highest BCUT2D eigenvalue weighted by atomic mass is 16.2. The zero-order valence-electron chi connectivity index (χ0n) is 12.3. The van der Waals surface area contributed by atoms with Crippen molar-refractivity contribution in [3.63, 3.8) is 0 Å². The number of carbonyl (C=O) groups is 2. The molecule has 0 unspecified atom stereocenters. The molecule has 5 heteroatoms. The van der Waals surface area contributed by atoms with Crippen molar-refractivity contribution in [2.24, 2.45) is 7.05 Å². The molecule has 1 aromatic carbocycles. The van der Waals surface area contributed by atoms with Crippen molar-refractivity contribution >= 4 is 28.4 Å². The third kappa shape index (κ3) is 2.39. The van der Waals surface area contributed by atoms with Gasteiger partial charge in [0.1, 0.15) is 5.69 Å². The Balaban J connectivity index is 2.07. The molecule has 1 aliphatic rings. The Labute approximate surface area is 123 Å². The van der Waals surface area contributed by atoms with E-state index in [9.17, 15) is 9.59 Å². The molecule has 110 valence electrons. The maximum absolute atomic E-state index is 12.6. The largest absolute Gasteiger partial charge is 0.338 e. The molecule has 2 aromatic rings. The lowest BCUT2D eigenvalue weighted by molar-refractivity contribution is -0.114. The van der Waals surface area contributed by atoms with E-state index in [1.807, 2.05) is 40.8 Å². The van der Waals surface area contributed by atoms with Crippen LogP contribution >= 0.6 is 0 Å². The van der Waals surface area contributed by atoms with Crippen LogP contribution in [0.15, 0.2) is 24.3 Å². The lowest BCUT2D eigenvalue weighted by Gasteiger charge is -2.16. The molecule has 1 N–H and O–H groups in total. The van der Waals surface area contributed by atoms with E-state index in [2.05, 4.69) is 5.32 Å². The van der Waals surface area contributed by atoms with Gasteiger partial charge in [-0.1, -0.05) is 12.1 Å². The second kappa shape index (κ2) is 5.24. The van der Waals surface area contributed by atoms with Crippen molar-refractivity contribution in [2.45, 2.75) is 19.8 Å². The highest BCUT2D eigenvalue weighted by Crippen LogP contribution is 2.27. The Morgan fingerprint density at radius 2 is 1.90 bits per heavy atom. The number of hydrogen-bond acceptors (Lipinski definition) is 2. The number of para-hydroxylation sites is 1. The molecule has 0 aliphatic carbocycles. The molecule has 0 spiro atoms. The molecule has 21 heavy (non-hydrogen) atoms. The van der Waals surface area contributed by atoms with Crippen LogP contribution in [0.25, 0.3) is 10.9 Å². The van der Waals surface area contributed by atoms with Crippen LogP contribution in [0, 0.1) is 0 Å². The van der Waals surface area contributed by atoms with E-state index in [0.717, 1.165) is 42.5 Å². The monoisotopic (exact) mass is 285 g/mol. The third-order valence-corrected chi connectivity index (χ3v) is 3.98. The summed E-state index contributed by atoms with van der Waals surface area (Å²) < 4.78 is 1.88. The number of aryl methyl sites for hydroxylation is 1. The minimum Gasteiger partial charge on any atom is -0.338 e. The van der Waals surface area contributed by atoms with E-state index in [4.69, 9.17) is 0 Å². The maximum Gasteiger partial charge on any atom is 0.270 e. The molecule has 1 aromatic heterocycles. The molecule has 1 saturated heterocycles. The molecule has 0 saturated carbocycles. The average molecular weight is 285 g/mol. The van der Waals surface area contributed by atoms with Crippen LogP contribution < -0.4 is 5.32 Å². The summed E-state index contributed by atoms with van der Waals surface area (Å²) in [6, 6.07) is 7.61. The molecule has 0 atom stereocenters. The first-order valence-corrected chi connectivity index (χ1v) is 7.23. The van der Waals surface area contributed by atoms with E-state index in [1.165, 1.54) is 6.92 Å². The highest BCUT2D eigenvalue weighted by Gasteiger charge is 2.23. The van der Waals surface area contributed by atoms with E-state index in [-0.39, 0.29) is 11.8 Å². The van der Waals surface area contributed by atoms with Crippen molar-refractivity contribution in [3.05, 3.63) is 30.0 Å². The number of aromatic nitrogens is 1. The van der Waals surface area contributed by atoms with Gasteiger partial charge in [0.2, 0.25) is 5.91 Å². The summed E-state index contributed by atoms with van der Waals surface area (Å²) in [6.07, 6.45) is 2.15. The number of nitrogens with zero attached hydrogens (tertiary/aromatic N) is 2. The van der Waals surface area contributed by atoms with Crippen LogP contribution in [-0.2, 0) is 11.8 Å². The number of rotatable bonds is 2. The van der Waals surface area contributed by atoms with Crippen molar-refractivity contribution in [2.75, 3.05) is 18.4 Å². The Hall–Kier alpha value is -2.30. The van der Waals surface area contributed by atoms with Gasteiger partial charge in [0.05, 0.1) is 11.2 Å². The van der Waals surface area contributed by atoms with Gasteiger partial charge in [0, 0.05) is 32.4 Å². The number of anilines is 1. The smallest absolute Gasteiger partial charge is 0.270 e. The van der Waals surface area contributed by atoms with Gasteiger partial charge >= 0.3 is 0 Å². The summed E-state index contributed by atoms with van der Waals surface area (Å²) in [7, 11) is 1.87. The van der Waals surface area contributed by atoms with Gasteiger partial charge in [0.25, 0.3) is 5.91 Å². The zero-order chi connectivity index (χ0) is 15.0. The second-order valence-electron chi connectivity index (χ2n) is 5.51. The van der Waals surface area contributed by atoms with Gasteiger partial charge < -0.3 is 14.8 Å². The van der Waals surface area contributed by atoms with E-state index in [1.54, 1.807) is 0 Å². The Morgan fingerprint density at radius 3 is 2.57 bits per heavy atom. The van der Waals surface area contributed by atoms with Gasteiger partial charge in [-0.25, -0.2) is 0 Å². The highest BCUT2D eigenvalue weighted by molar-refractivity contribution is 6.05. The second-order valence-corrected chi connectivity index (χ2v) is 5.51. The topological polar surface area (TPSA) is 54.3 Å². The van der Waals surface area contributed by atoms with Crippen LogP contribution in [0.4, 0.5) is 5.69 Å². The minimum atomic E-state index is -0.115. The SMILES string of the molecule is CC(=O)Nc1cccc2cc(C(=O)N3CCCC3)n(C)c12. The van der Waals surface area contributed by atoms with Gasteiger partial charge in [-0.2, -0.15) is 0 Å². The maximum atomic E-state index is 12.6. The Bertz CT molecular complexity index is 712. The number of benzene rings is 1. The van der Waals surface area contributed by atoms with Gasteiger partial charge in [-0.05, 0) is 25.0 Å². The van der Waals surface area contributed by atoms with E-state index >= 15 is 0 Å². The third-order valence-electron chi connectivity index (χ3n) is 3.98. The van der Waals surface area contributed by atoms with Gasteiger partial charge in [-0.15, -0.1) is 0 Å². The number of amides is 2. The lowest BCUT2D eigenvalue weighted by atomic mass is 10.2. The zero-order valence-corrected chi connectivity index (χ0v) is 12.3. The standard InChI is InChI=1S/C16H19N3O2/c1-11(20)17-13-7-5-6-12-10-14(18(2)15(12)13)16(21)19-8-3-4-9-19/h5-7,10H,3-4,8-9H2,1-2H3,(H,17,20). The van der Waals surface area contributed by atoms with E-state index < -0.39 is 0 Å². The normalized spacial score (nSPS) is 14.7. The Morgan fingerprint density at radius 1 is 1.19 bits per heavy atom. The summed E-state index contributed by atoms with van der Waals surface area (Å²) in [5, 5.41) is 3.79. The number of likely N-dealkylation sites (tertiary alicyclic amines) is 1. The van der Waals surface area contributed by atoms with Crippen LogP contribution in [-0.4, -0.2) is 34.4 Å². The summed E-state index contributed by atoms with van der Waals surface area (Å²) in [6.45, 7) is 3.15. The van der Waals surface area contributed by atoms with Crippen molar-refractivity contribution in [3.8, 4) is 0 Å². The molecular formula is C16H19N3O2. The molecule has 1 aliphatic heterocycles. The summed E-state index contributed by atoms with van der Waals surface area (Å²) in [5.41, 5.74) is 2.29. The molecule has 3 rings (SSSR count). The fraction of sp³-hybridized carbons (Fsp3) is 0.375. The summed E-state index contributed by atoms with van der Waals surface area (Å²) in [5.74, 6) is -0.0453. The predicted molar refractivity (Wildman–Crippen MR) is 82.4 cm³/mol. The molecule has 2 heterocycles. The molecule has 1 fully saturated rings. The fourth-order valence-corrected chi connectivity index (χ4v) is 2.99. The van der Waals surface area contributed by atoms with Gasteiger partial charge in [0.15, 0.2) is 0 Å². The van der Waals surface area contributed by atoms with Gasteiger partial charge in [-0.3, -0.25) is 9.59 Å². The summed E-state index contributed by atoms with van der Waals surface area (Å²) in [4.78, 5) is 25.8. The average Bonchev–Trinajstić information content (AvgIpc) is 3.06. The number of hydrogen-bond donors (Lipinski definition) is 1. The molecule has 0 radical (unpaired) electrons. The first-order chi connectivity index (χ1) is 10.1.